The molecule has 0 saturated carbocycles. The maximum absolute atomic E-state index is 13.4. The number of likely N-dealkylation sites (tertiary alicyclic amines) is 1. The van der Waals surface area contributed by atoms with Gasteiger partial charge in [-0.1, -0.05) is 12.1 Å². The van der Waals surface area contributed by atoms with Crippen molar-refractivity contribution in [2.45, 2.75) is 25.8 Å². The van der Waals surface area contributed by atoms with E-state index >= 15 is 0 Å². The first kappa shape index (κ1) is 19.6. The van der Waals surface area contributed by atoms with Gasteiger partial charge in [0.25, 0.3) is 5.91 Å². The zero-order chi connectivity index (χ0) is 20.2. The maximum atomic E-state index is 13.4. The Hall–Kier alpha value is -2.74. The summed E-state index contributed by atoms with van der Waals surface area (Å²) in [6, 6.07) is 11.4. The van der Waals surface area contributed by atoms with Crippen LogP contribution in [0.1, 0.15) is 30.1 Å². The number of carbonyl (C=O) groups is 1. The molecule has 0 bridgehead atoms. The molecule has 1 amide bonds. The van der Waals surface area contributed by atoms with Crippen molar-refractivity contribution in [1.82, 2.24) is 24.9 Å². The van der Waals surface area contributed by atoms with Crippen LogP contribution >= 0.6 is 15.9 Å². The third kappa shape index (κ3) is 4.48. The van der Waals surface area contributed by atoms with E-state index in [1.165, 1.54) is 4.80 Å². The first-order valence-corrected chi connectivity index (χ1v) is 10.4. The molecule has 0 aliphatic carbocycles. The molecular formula is C21H22BrN5O2. The van der Waals surface area contributed by atoms with Crippen LogP contribution in [0, 0.1) is 5.92 Å². The fourth-order valence-corrected chi connectivity index (χ4v) is 3.82. The summed E-state index contributed by atoms with van der Waals surface area (Å²) in [4.78, 5) is 21.0. The molecule has 0 spiro atoms. The van der Waals surface area contributed by atoms with Gasteiger partial charge in [0.05, 0.1) is 36.4 Å². The normalized spacial score (nSPS) is 19.2. The van der Waals surface area contributed by atoms with Crippen molar-refractivity contribution in [1.29, 1.82) is 0 Å². The number of para-hydroxylation sites is 1. The molecule has 3 aromatic rings. The molecule has 29 heavy (non-hydrogen) atoms. The second-order valence-corrected chi connectivity index (χ2v) is 8.03. The summed E-state index contributed by atoms with van der Waals surface area (Å²) in [6.07, 6.45) is 6.88. The fourth-order valence-electron chi connectivity index (χ4n) is 3.59. The van der Waals surface area contributed by atoms with Crippen LogP contribution in [0.25, 0.3) is 5.69 Å². The molecule has 0 radical (unpaired) electrons. The number of hydrogen-bond acceptors (Lipinski definition) is 5. The van der Waals surface area contributed by atoms with E-state index in [4.69, 9.17) is 4.74 Å². The number of aromatic nitrogens is 4. The maximum Gasteiger partial charge on any atom is 0.256 e. The van der Waals surface area contributed by atoms with Gasteiger partial charge in [0, 0.05) is 18.5 Å². The van der Waals surface area contributed by atoms with Crippen LogP contribution in [-0.4, -0.2) is 50.0 Å². The zero-order valence-electron chi connectivity index (χ0n) is 16.1. The molecule has 2 atom stereocenters. The minimum Gasteiger partial charge on any atom is -0.492 e. The zero-order valence-corrected chi connectivity index (χ0v) is 17.7. The van der Waals surface area contributed by atoms with Crippen LogP contribution in [0.15, 0.2) is 59.6 Å². The molecule has 2 aromatic heterocycles. The third-order valence-corrected chi connectivity index (χ3v) is 5.66. The number of hydrogen-bond donors (Lipinski definition) is 0. The second kappa shape index (κ2) is 8.73. The van der Waals surface area contributed by atoms with Gasteiger partial charge in [0.15, 0.2) is 0 Å². The van der Waals surface area contributed by atoms with Gasteiger partial charge in [-0.05, 0) is 60.0 Å². The minimum absolute atomic E-state index is 0.000378. The van der Waals surface area contributed by atoms with E-state index in [1.54, 1.807) is 18.6 Å². The summed E-state index contributed by atoms with van der Waals surface area (Å²) < 4.78 is 6.68. The summed E-state index contributed by atoms with van der Waals surface area (Å²) in [7, 11) is 0. The van der Waals surface area contributed by atoms with E-state index in [0.717, 1.165) is 23.2 Å². The fraction of sp³-hybridized carbons (Fsp3) is 0.333. The lowest BCUT2D eigenvalue weighted by Gasteiger charge is -2.38. The van der Waals surface area contributed by atoms with Crippen LogP contribution in [0.4, 0.5) is 0 Å². The number of carbonyl (C=O) groups excluding carboxylic acids is 1. The highest BCUT2D eigenvalue weighted by Crippen LogP contribution is 2.26. The molecule has 3 heterocycles. The van der Waals surface area contributed by atoms with Gasteiger partial charge in [-0.2, -0.15) is 15.0 Å². The van der Waals surface area contributed by atoms with Crippen LogP contribution in [-0.2, 0) is 0 Å². The molecule has 1 aliphatic rings. The van der Waals surface area contributed by atoms with Crippen LogP contribution < -0.4 is 4.74 Å². The quantitative estimate of drug-likeness (QED) is 0.547. The number of halogens is 1. The Morgan fingerprint density at radius 1 is 1.17 bits per heavy atom. The van der Waals surface area contributed by atoms with Crippen LogP contribution in [0.3, 0.4) is 0 Å². The monoisotopic (exact) mass is 455 g/mol. The molecular weight excluding hydrogens is 434 g/mol. The van der Waals surface area contributed by atoms with Gasteiger partial charge >= 0.3 is 0 Å². The molecule has 1 aliphatic heterocycles. The van der Waals surface area contributed by atoms with Gasteiger partial charge in [-0.25, -0.2) is 4.98 Å². The first-order valence-electron chi connectivity index (χ1n) is 9.63. The highest BCUT2D eigenvalue weighted by Gasteiger charge is 2.31. The number of amides is 1. The van der Waals surface area contributed by atoms with Gasteiger partial charge in [-0.3, -0.25) is 4.79 Å². The lowest BCUT2D eigenvalue weighted by molar-refractivity contribution is 0.0505. The number of benzene rings is 1. The molecule has 0 unspecified atom stereocenters. The van der Waals surface area contributed by atoms with Gasteiger partial charge in [0.2, 0.25) is 0 Å². The van der Waals surface area contributed by atoms with E-state index in [1.807, 2.05) is 41.3 Å². The van der Waals surface area contributed by atoms with E-state index in [0.29, 0.717) is 24.4 Å². The van der Waals surface area contributed by atoms with Gasteiger partial charge < -0.3 is 9.64 Å². The van der Waals surface area contributed by atoms with Crippen molar-refractivity contribution in [3.63, 3.8) is 0 Å². The van der Waals surface area contributed by atoms with Gasteiger partial charge in [-0.15, -0.1) is 0 Å². The van der Waals surface area contributed by atoms with Crippen molar-refractivity contribution in [2.24, 2.45) is 5.92 Å². The number of pyridine rings is 1. The Morgan fingerprint density at radius 3 is 2.72 bits per heavy atom. The van der Waals surface area contributed by atoms with Crippen molar-refractivity contribution in [3.05, 3.63) is 65.2 Å². The van der Waals surface area contributed by atoms with Crippen molar-refractivity contribution >= 4 is 21.8 Å². The third-order valence-electron chi connectivity index (χ3n) is 5.20. The standard InChI is InChI=1S/C21H22BrN5O2/c1-15-6-7-16(14-29-17-8-9-20(22)23-12-17)13-26(15)21(28)18-4-2-3-5-19(18)27-24-10-11-25-27/h2-5,8-12,15-16H,6-7,13-14H2,1H3/t15-,16-/m1/s1. The smallest absolute Gasteiger partial charge is 0.256 e. The number of piperidine rings is 1. The van der Waals surface area contributed by atoms with E-state index in [2.05, 4.69) is 38.0 Å². The Bertz CT molecular complexity index is 961. The van der Waals surface area contributed by atoms with Crippen molar-refractivity contribution in [2.75, 3.05) is 13.2 Å². The molecule has 1 fully saturated rings. The SMILES string of the molecule is C[C@@H]1CC[C@@H](COc2ccc(Br)nc2)CN1C(=O)c1ccccc1-n1nccn1. The average molecular weight is 456 g/mol. The molecule has 150 valence electrons. The second-order valence-electron chi connectivity index (χ2n) is 7.21. The molecule has 4 rings (SSSR count). The Kier molecular flexibility index (Phi) is 5.89. The van der Waals surface area contributed by atoms with Gasteiger partial charge in [0.1, 0.15) is 10.4 Å². The number of ether oxygens (including phenoxy) is 1. The Morgan fingerprint density at radius 2 is 1.97 bits per heavy atom. The molecule has 8 heteroatoms. The number of nitrogens with zero attached hydrogens (tertiary/aromatic N) is 5. The predicted octanol–water partition coefficient (Wildman–Crippen LogP) is 3.74. The highest BCUT2D eigenvalue weighted by atomic mass is 79.9. The van der Waals surface area contributed by atoms with E-state index in [9.17, 15) is 4.79 Å². The van der Waals surface area contributed by atoms with Crippen LogP contribution in [0.2, 0.25) is 0 Å². The van der Waals surface area contributed by atoms with Crippen molar-refractivity contribution < 1.29 is 9.53 Å². The molecule has 7 nitrogen and oxygen atoms in total. The summed E-state index contributed by atoms with van der Waals surface area (Å²) in [5.74, 6) is 1.01. The van der Waals surface area contributed by atoms with E-state index in [-0.39, 0.29) is 17.9 Å². The largest absolute Gasteiger partial charge is 0.492 e. The average Bonchev–Trinajstić information content (AvgIpc) is 3.28. The summed E-state index contributed by atoms with van der Waals surface area (Å²) in [6.45, 7) is 3.31. The molecule has 1 aromatic carbocycles. The summed E-state index contributed by atoms with van der Waals surface area (Å²) in [5.41, 5.74) is 1.29. The Balaban J connectivity index is 1.47. The highest BCUT2D eigenvalue weighted by molar-refractivity contribution is 9.10. The topological polar surface area (TPSA) is 73.1 Å². The molecule has 1 saturated heterocycles. The minimum atomic E-state index is 0.000378. The van der Waals surface area contributed by atoms with Crippen LogP contribution in [0.5, 0.6) is 5.75 Å². The summed E-state index contributed by atoms with van der Waals surface area (Å²) in [5, 5.41) is 8.37. The van der Waals surface area contributed by atoms with E-state index < -0.39 is 0 Å². The predicted molar refractivity (Wildman–Crippen MR) is 112 cm³/mol. The lowest BCUT2D eigenvalue weighted by Crippen LogP contribution is -2.47. The lowest BCUT2D eigenvalue weighted by atomic mass is 9.93. The first-order chi connectivity index (χ1) is 14.1. The van der Waals surface area contributed by atoms with Crippen molar-refractivity contribution in [3.8, 4) is 11.4 Å². The Labute approximate surface area is 177 Å². The molecule has 0 N–H and O–H groups in total. The number of rotatable bonds is 5. The summed E-state index contributed by atoms with van der Waals surface area (Å²) >= 11 is 3.32.